The van der Waals surface area contributed by atoms with E-state index < -0.39 is 30.4 Å². The molecule has 1 aliphatic heterocycles. The summed E-state index contributed by atoms with van der Waals surface area (Å²) in [5, 5.41) is 2.22. The summed E-state index contributed by atoms with van der Waals surface area (Å²) < 4.78 is 28.7. The number of hydrogen-bond donors (Lipinski definition) is 0. The van der Waals surface area contributed by atoms with E-state index in [0.29, 0.717) is 25.3 Å². The van der Waals surface area contributed by atoms with Crippen molar-refractivity contribution in [2.75, 3.05) is 20.3 Å². The molecule has 2 heterocycles. The Morgan fingerprint density at radius 2 is 1.63 bits per heavy atom. The molecule has 0 bridgehead atoms. The van der Waals surface area contributed by atoms with Crippen molar-refractivity contribution in [3.63, 3.8) is 0 Å². The van der Waals surface area contributed by atoms with Crippen LogP contribution in [-0.4, -0.2) is 59.4 Å². The standard InChI is InChI=1S/C42H51N3O4SSi/c1-10-48-40(46)36-27-33-29-45(50(47)41(3,4)5)37(38(33)39(44-36)32-19-17-18-31(26-32)30(2)28-43-9)24-25-49-51(42(6,7)8,34-20-13-11-14-21-34)35-22-15-12-16-23-35/h11-23,26-28,37H,2,10,24-25,29H2,1,3-9H3/t37-,50?/m1/s1. The Labute approximate surface area is 308 Å². The number of fused-ring (bicyclic) bond motifs is 1. The molecule has 9 heteroatoms. The van der Waals surface area contributed by atoms with Gasteiger partial charge < -0.3 is 13.7 Å². The number of hydrogen-bond acceptors (Lipinski definition) is 7. The highest BCUT2D eigenvalue weighted by atomic mass is 32.2. The van der Waals surface area contributed by atoms with Gasteiger partial charge in [0.1, 0.15) is 10.4 Å². The maximum atomic E-state index is 14.4. The summed E-state index contributed by atoms with van der Waals surface area (Å²) in [5.74, 6) is -0.484. The van der Waals surface area contributed by atoms with Crippen LogP contribution in [0.1, 0.15) is 88.1 Å². The number of nitrogens with zero attached hydrogens (tertiary/aromatic N) is 3. The minimum atomic E-state index is -2.83. The van der Waals surface area contributed by atoms with Crippen molar-refractivity contribution in [3.05, 3.63) is 120 Å². The Hall–Kier alpha value is -3.86. The molecular weight excluding hydrogens is 671 g/mol. The molecule has 0 fully saturated rings. The van der Waals surface area contributed by atoms with Crippen LogP contribution >= 0.6 is 0 Å². The number of rotatable bonds is 12. The van der Waals surface area contributed by atoms with Crippen molar-refractivity contribution in [1.82, 2.24) is 9.29 Å². The van der Waals surface area contributed by atoms with Gasteiger partial charge >= 0.3 is 5.97 Å². The number of ether oxygens (including phenoxy) is 1. The number of carbonyl (C=O) groups is 1. The van der Waals surface area contributed by atoms with Gasteiger partial charge in [-0.3, -0.25) is 4.99 Å². The zero-order chi connectivity index (χ0) is 37.0. The van der Waals surface area contributed by atoms with Crippen molar-refractivity contribution in [2.45, 2.75) is 77.3 Å². The van der Waals surface area contributed by atoms with Crippen LogP contribution in [0.2, 0.25) is 5.04 Å². The van der Waals surface area contributed by atoms with Crippen molar-refractivity contribution in [2.24, 2.45) is 4.99 Å². The first kappa shape index (κ1) is 38.4. The molecule has 0 saturated heterocycles. The number of esters is 1. The molecule has 51 heavy (non-hydrogen) atoms. The fraction of sp³-hybridized carbons (Fsp3) is 0.357. The largest absolute Gasteiger partial charge is 0.597 e. The normalized spacial score (nSPS) is 15.9. The monoisotopic (exact) mass is 721 g/mol. The minimum Gasteiger partial charge on any atom is -0.597 e. The molecule has 2 atom stereocenters. The topological polar surface area (TPSA) is 87.1 Å². The van der Waals surface area contributed by atoms with Crippen LogP contribution in [0, 0.1) is 0 Å². The summed E-state index contributed by atoms with van der Waals surface area (Å²) >= 11 is -1.37. The Balaban J connectivity index is 1.65. The lowest BCUT2D eigenvalue weighted by Gasteiger charge is -2.43. The van der Waals surface area contributed by atoms with Gasteiger partial charge in [-0.15, -0.1) is 4.31 Å². The molecule has 0 spiro atoms. The van der Waals surface area contributed by atoms with E-state index in [1.807, 2.05) is 63.2 Å². The van der Waals surface area contributed by atoms with Crippen LogP contribution in [0.3, 0.4) is 0 Å². The highest BCUT2D eigenvalue weighted by Crippen LogP contribution is 2.46. The SMILES string of the molecule is C=C(C=NC)c1cccc(-c2nc(C(=O)OCC)cc3c2[C@@H](CCO[Si](c2ccccc2)(c2ccccc2)C(C)(C)C)N([S+]([O-])C(C)(C)C)C3)c1. The van der Waals surface area contributed by atoms with E-state index in [4.69, 9.17) is 14.1 Å². The predicted molar refractivity (Wildman–Crippen MR) is 213 cm³/mol. The van der Waals surface area contributed by atoms with Gasteiger partial charge in [0, 0.05) is 42.4 Å². The summed E-state index contributed by atoms with van der Waals surface area (Å²) in [7, 11) is -1.11. The van der Waals surface area contributed by atoms with Crippen LogP contribution in [0.4, 0.5) is 0 Å². The molecule has 5 rings (SSSR count). The Morgan fingerprint density at radius 3 is 2.18 bits per heavy atom. The predicted octanol–water partition coefficient (Wildman–Crippen LogP) is 7.92. The Bertz CT molecular complexity index is 1830. The van der Waals surface area contributed by atoms with Crippen LogP contribution in [-0.2, 0) is 27.1 Å². The van der Waals surface area contributed by atoms with Gasteiger partial charge in [0.05, 0.1) is 24.9 Å². The van der Waals surface area contributed by atoms with E-state index in [2.05, 4.69) is 85.2 Å². The summed E-state index contributed by atoms with van der Waals surface area (Å²) in [5.41, 5.74) is 5.27. The van der Waals surface area contributed by atoms with Crippen molar-refractivity contribution >= 4 is 47.8 Å². The third kappa shape index (κ3) is 7.98. The van der Waals surface area contributed by atoms with Gasteiger partial charge in [-0.05, 0) is 78.4 Å². The quantitative estimate of drug-likeness (QED) is 0.0640. The summed E-state index contributed by atoms with van der Waals surface area (Å²) in [6, 6.07) is 30.7. The van der Waals surface area contributed by atoms with Crippen molar-refractivity contribution in [3.8, 4) is 11.3 Å². The van der Waals surface area contributed by atoms with E-state index in [-0.39, 0.29) is 23.4 Å². The van der Waals surface area contributed by atoms with Crippen molar-refractivity contribution in [1.29, 1.82) is 0 Å². The molecule has 0 saturated carbocycles. The van der Waals surface area contributed by atoms with Gasteiger partial charge in [0.25, 0.3) is 8.32 Å². The molecule has 1 aromatic heterocycles. The average Bonchev–Trinajstić information content (AvgIpc) is 3.47. The zero-order valence-corrected chi connectivity index (χ0v) is 33.0. The number of allylic oxidation sites excluding steroid dienone is 1. The smallest absolute Gasteiger partial charge is 0.356 e. The van der Waals surface area contributed by atoms with Crippen LogP contribution in [0.25, 0.3) is 16.8 Å². The third-order valence-electron chi connectivity index (χ3n) is 9.29. The first-order chi connectivity index (χ1) is 24.2. The lowest BCUT2D eigenvalue weighted by molar-refractivity contribution is 0.0519. The molecule has 1 unspecified atom stereocenters. The molecule has 1 aliphatic rings. The molecule has 4 aromatic rings. The number of pyridine rings is 1. The molecule has 0 radical (unpaired) electrons. The number of aromatic nitrogens is 1. The Morgan fingerprint density at radius 1 is 1.00 bits per heavy atom. The van der Waals surface area contributed by atoms with E-state index in [1.165, 1.54) is 10.4 Å². The van der Waals surface area contributed by atoms with Crippen molar-refractivity contribution < 1.29 is 18.5 Å². The molecule has 0 N–H and O–H groups in total. The summed E-state index contributed by atoms with van der Waals surface area (Å²) in [4.78, 5) is 22.3. The molecule has 0 aliphatic carbocycles. The number of carbonyl (C=O) groups excluding carboxylic acids is 1. The highest BCUT2D eigenvalue weighted by Gasteiger charge is 2.51. The second-order valence-electron chi connectivity index (χ2n) is 14.9. The first-order valence-corrected chi connectivity index (χ1v) is 20.6. The van der Waals surface area contributed by atoms with E-state index in [1.54, 1.807) is 20.2 Å². The second kappa shape index (κ2) is 15.8. The lowest BCUT2D eigenvalue weighted by Crippen LogP contribution is -2.66. The molecular formula is C42H51N3O4SSi. The zero-order valence-electron chi connectivity index (χ0n) is 31.2. The fourth-order valence-electron chi connectivity index (χ4n) is 7.06. The van der Waals surface area contributed by atoms with E-state index in [9.17, 15) is 9.35 Å². The van der Waals surface area contributed by atoms with Crippen LogP contribution in [0.15, 0.2) is 103 Å². The average molecular weight is 722 g/mol. The summed E-state index contributed by atoms with van der Waals surface area (Å²) in [6.45, 7) is 19.9. The van der Waals surface area contributed by atoms with Gasteiger partial charge in [0.2, 0.25) is 0 Å². The van der Waals surface area contributed by atoms with Gasteiger partial charge in [0.15, 0.2) is 0 Å². The molecule has 268 valence electrons. The highest BCUT2D eigenvalue weighted by molar-refractivity contribution is 7.90. The van der Waals surface area contributed by atoms with Gasteiger partial charge in [-0.2, -0.15) is 0 Å². The maximum Gasteiger partial charge on any atom is 0.356 e. The van der Waals surface area contributed by atoms with E-state index in [0.717, 1.165) is 27.8 Å². The van der Waals surface area contributed by atoms with Crippen LogP contribution < -0.4 is 10.4 Å². The lowest BCUT2D eigenvalue weighted by atomic mass is 9.94. The van der Waals surface area contributed by atoms with E-state index >= 15 is 0 Å². The molecule has 3 aromatic carbocycles. The van der Waals surface area contributed by atoms with Gasteiger partial charge in [-0.25, -0.2) is 9.78 Å². The minimum absolute atomic E-state index is 0.191. The number of benzene rings is 3. The van der Waals surface area contributed by atoms with Gasteiger partial charge in [-0.1, -0.05) is 106 Å². The summed E-state index contributed by atoms with van der Waals surface area (Å²) in [6.07, 6.45) is 2.30. The number of aliphatic imine (C=N–C) groups is 1. The second-order valence-corrected chi connectivity index (χ2v) is 21.4. The Kier molecular flexibility index (Phi) is 11.9. The first-order valence-electron chi connectivity index (χ1n) is 17.6. The van der Waals surface area contributed by atoms with Crippen LogP contribution in [0.5, 0.6) is 0 Å². The fourth-order valence-corrected chi connectivity index (χ4v) is 13.0. The molecule has 7 nitrogen and oxygen atoms in total. The molecule has 0 amide bonds. The third-order valence-corrected chi connectivity index (χ3v) is 16.2. The maximum absolute atomic E-state index is 14.4.